The zero-order chi connectivity index (χ0) is 47.6. The Hall–Kier alpha value is -1.44. The van der Waals surface area contributed by atoms with Crippen LogP contribution in [0.15, 0.2) is 109 Å². The molecular weight excluding hydrogens is 1160 g/mol. The number of phenolic OH excluding ortho intramolecular Hbond substituents is 1. The van der Waals surface area contributed by atoms with Crippen LogP contribution >= 0.6 is 123 Å². The van der Waals surface area contributed by atoms with E-state index in [-0.39, 0.29) is 34.9 Å². The fraction of sp³-hybridized carbons (Fsp3) is 0. The summed E-state index contributed by atoms with van der Waals surface area (Å²) in [7, 11) is 4.84. The monoisotopic (exact) mass is 1170 g/mol. The zero-order valence-electron chi connectivity index (χ0n) is 28.3. The highest BCUT2D eigenvalue weighted by Gasteiger charge is 2.22. The fourth-order valence-electron chi connectivity index (χ4n) is 3.42. The molecule has 0 saturated carbocycles. The molecule has 0 unspecified atom stereocenters. The van der Waals surface area contributed by atoms with Gasteiger partial charge in [0.15, 0.2) is 22.3 Å². The van der Waals surface area contributed by atoms with Crippen LogP contribution < -0.4 is 0 Å². The predicted molar refractivity (Wildman–Crippen MR) is 229 cm³/mol. The van der Waals surface area contributed by atoms with Gasteiger partial charge in [0.1, 0.15) is 21.4 Å². The lowest BCUT2D eigenvalue weighted by molar-refractivity contribution is 0.460. The predicted octanol–water partition coefficient (Wildman–Crippen LogP) is 12.3. The van der Waals surface area contributed by atoms with Gasteiger partial charge in [-0.05, 0) is 72.8 Å². The van der Waals surface area contributed by atoms with Crippen molar-refractivity contribution in [3.05, 3.63) is 138 Å². The molecule has 11 nitrogen and oxygen atoms in total. The number of hydrogen-bond acceptors (Lipinski definition) is 11. The van der Waals surface area contributed by atoms with Crippen LogP contribution in [0.1, 0.15) is 0 Å². The van der Waals surface area contributed by atoms with Crippen LogP contribution in [0.2, 0.25) is 30.1 Å². The number of benzene rings is 5. The van der Waals surface area contributed by atoms with Crippen LogP contribution in [-0.2, 0) is 45.3 Å². The largest absolute Gasteiger partial charge is 0.505 e. The summed E-state index contributed by atoms with van der Waals surface area (Å²) in [6, 6.07) is 15.2. The number of halogens is 15. The first kappa shape index (κ1) is 57.6. The lowest BCUT2D eigenvalue weighted by atomic mass is 10.3. The van der Waals surface area contributed by atoms with Gasteiger partial charge in [-0.1, -0.05) is 81.7 Å². The number of rotatable bonds is 5. The standard InChI is InChI=1S/C6H3Cl3O3S.2C6H3Cl3O2S.2C6H3ClF2O2S/c7-3-1-4(8)6(10)5(2-3)13(9,11)12;7-5-2-1-4(3-6(5)8)12(9,10)11;7-4-2-1-3-5(8)6(4)12(9,10)11;7-12(10,11)4-1-2-5(8)6(9)3-4;7-12(10,11)6-4(8)2-1-3-5(6)9/h1-2,10H;4*1-3H. The molecule has 0 bridgehead atoms. The molecule has 0 aliphatic rings. The maximum atomic E-state index is 12.6. The van der Waals surface area contributed by atoms with E-state index in [0.29, 0.717) is 17.2 Å². The summed E-state index contributed by atoms with van der Waals surface area (Å²) in [6.07, 6.45) is 0. The van der Waals surface area contributed by atoms with E-state index < -0.39 is 89.0 Å². The van der Waals surface area contributed by atoms with E-state index >= 15 is 0 Å². The SMILES string of the molecule is O=S(=O)(Cl)c1c(Cl)cccc1Cl.O=S(=O)(Cl)c1c(F)cccc1F.O=S(=O)(Cl)c1cc(Cl)cc(Cl)c1O.O=S(=O)(Cl)c1ccc(Cl)c(Cl)c1.O=S(=O)(Cl)c1ccc(F)c(F)c1. The minimum Gasteiger partial charge on any atom is -0.505 e. The van der Waals surface area contributed by atoms with Gasteiger partial charge in [0.05, 0.1) is 34.9 Å². The van der Waals surface area contributed by atoms with Crippen molar-refractivity contribution in [3.8, 4) is 5.75 Å². The van der Waals surface area contributed by atoms with Crippen molar-refractivity contribution in [2.75, 3.05) is 0 Å². The van der Waals surface area contributed by atoms with Crippen LogP contribution in [0, 0.1) is 23.3 Å². The second kappa shape index (κ2) is 23.7. The Bertz CT molecular complexity index is 2790. The first-order valence-electron chi connectivity index (χ1n) is 14.2. The topological polar surface area (TPSA) is 191 Å². The van der Waals surface area contributed by atoms with Crippen molar-refractivity contribution >= 4 is 168 Å². The summed E-state index contributed by atoms with van der Waals surface area (Å²) in [5, 5.41) is 9.64. The maximum Gasteiger partial charge on any atom is 0.267 e. The molecular formula is C30H15Cl11F4O11S5. The molecule has 0 spiro atoms. The highest BCUT2D eigenvalue weighted by molar-refractivity contribution is 8.15. The molecule has 0 radical (unpaired) electrons. The first-order chi connectivity index (χ1) is 27.5. The van der Waals surface area contributed by atoms with Crippen molar-refractivity contribution in [2.45, 2.75) is 24.5 Å². The molecule has 31 heteroatoms. The minimum absolute atomic E-state index is 0.0255. The molecule has 0 heterocycles. The number of aromatic hydroxyl groups is 1. The molecule has 0 aromatic heterocycles. The van der Waals surface area contributed by atoms with Crippen LogP contribution in [-0.4, -0.2) is 47.2 Å². The van der Waals surface area contributed by atoms with Crippen LogP contribution in [0.5, 0.6) is 5.75 Å². The molecule has 336 valence electrons. The summed E-state index contributed by atoms with van der Waals surface area (Å²) >= 11 is 33.2. The van der Waals surface area contributed by atoms with E-state index in [0.717, 1.165) is 30.3 Å². The van der Waals surface area contributed by atoms with Gasteiger partial charge < -0.3 is 5.11 Å². The van der Waals surface area contributed by atoms with Crippen LogP contribution in [0.25, 0.3) is 0 Å². The smallest absolute Gasteiger partial charge is 0.267 e. The quantitative estimate of drug-likeness (QED) is 0.130. The van der Waals surface area contributed by atoms with Gasteiger partial charge >= 0.3 is 0 Å². The lowest BCUT2D eigenvalue weighted by Gasteiger charge is -2.02. The lowest BCUT2D eigenvalue weighted by Crippen LogP contribution is -1.98. The average molecular weight is 1180 g/mol. The van der Waals surface area contributed by atoms with Gasteiger partial charge in [-0.2, -0.15) is 0 Å². The normalized spacial score (nSPS) is 11.6. The number of hydrogen-bond donors (Lipinski definition) is 1. The van der Waals surface area contributed by atoms with Crippen LogP contribution in [0.4, 0.5) is 17.6 Å². The van der Waals surface area contributed by atoms with E-state index in [9.17, 15) is 64.8 Å². The Morgan fingerprint density at radius 3 is 1.16 bits per heavy atom. The van der Waals surface area contributed by atoms with E-state index in [1.54, 1.807) is 0 Å². The van der Waals surface area contributed by atoms with Gasteiger partial charge in [-0.25, -0.2) is 59.7 Å². The van der Waals surface area contributed by atoms with Crippen molar-refractivity contribution in [1.29, 1.82) is 0 Å². The maximum absolute atomic E-state index is 12.6. The third-order valence-corrected chi connectivity index (χ3v) is 14.8. The van der Waals surface area contributed by atoms with Gasteiger partial charge in [-0.3, -0.25) is 0 Å². The second-order valence-corrected chi connectivity index (χ2v) is 25.3. The van der Waals surface area contributed by atoms with Gasteiger partial charge in [0, 0.05) is 58.4 Å². The Morgan fingerprint density at radius 2 is 0.803 bits per heavy atom. The summed E-state index contributed by atoms with van der Waals surface area (Å²) in [4.78, 5) is -2.35. The highest BCUT2D eigenvalue weighted by atomic mass is 35.7. The second-order valence-electron chi connectivity index (χ2n) is 10.2. The van der Waals surface area contributed by atoms with Gasteiger partial charge in [0.2, 0.25) is 0 Å². The molecule has 0 saturated heterocycles. The Morgan fingerprint density at radius 1 is 0.377 bits per heavy atom. The molecule has 0 aliphatic heterocycles. The third-order valence-electron chi connectivity index (χ3n) is 5.93. The molecule has 0 fully saturated rings. The highest BCUT2D eigenvalue weighted by Crippen LogP contribution is 2.36. The van der Waals surface area contributed by atoms with Crippen molar-refractivity contribution in [3.63, 3.8) is 0 Å². The molecule has 5 aromatic rings. The molecule has 61 heavy (non-hydrogen) atoms. The van der Waals surface area contributed by atoms with Crippen molar-refractivity contribution in [1.82, 2.24) is 0 Å². The van der Waals surface area contributed by atoms with E-state index in [1.165, 1.54) is 42.5 Å². The van der Waals surface area contributed by atoms with Gasteiger partial charge in [-0.15, -0.1) is 0 Å². The summed E-state index contributed by atoms with van der Waals surface area (Å²) in [5.74, 6) is -5.33. The third kappa shape index (κ3) is 19.3. The van der Waals surface area contributed by atoms with E-state index in [4.69, 9.17) is 123 Å². The number of phenols is 1. The first-order valence-corrected chi connectivity index (χ1v) is 28.0. The Labute approximate surface area is 397 Å². The van der Waals surface area contributed by atoms with E-state index in [2.05, 4.69) is 0 Å². The Kier molecular flexibility index (Phi) is 22.3. The summed E-state index contributed by atoms with van der Waals surface area (Å²) in [6.45, 7) is 0. The Balaban J connectivity index is 0.000000381. The molecule has 1 N–H and O–H groups in total. The van der Waals surface area contributed by atoms with E-state index in [1.807, 2.05) is 0 Å². The minimum atomic E-state index is -4.34. The molecule has 0 atom stereocenters. The molecule has 0 aliphatic carbocycles. The van der Waals surface area contributed by atoms with Crippen LogP contribution in [0.3, 0.4) is 0 Å². The van der Waals surface area contributed by atoms with Crippen molar-refractivity contribution < 1.29 is 64.8 Å². The zero-order valence-corrected chi connectivity index (χ0v) is 40.7. The fourth-order valence-corrected chi connectivity index (χ4v) is 10.3. The summed E-state index contributed by atoms with van der Waals surface area (Å²) < 4.78 is 157. The van der Waals surface area contributed by atoms with Crippen molar-refractivity contribution in [2.24, 2.45) is 0 Å². The average Bonchev–Trinajstić information content (AvgIpc) is 3.07. The van der Waals surface area contributed by atoms with Gasteiger partial charge in [0.25, 0.3) is 45.3 Å². The molecule has 5 rings (SSSR count). The molecule has 0 amide bonds. The molecule has 5 aromatic carbocycles. The summed E-state index contributed by atoms with van der Waals surface area (Å²) in [5.41, 5.74) is 0.